The Kier molecular flexibility index (Phi) is 7.75. The first-order valence-electron chi connectivity index (χ1n) is 9.54. The Morgan fingerprint density at radius 1 is 1.25 bits per heavy atom. The number of halogens is 1. The van der Waals surface area contributed by atoms with Crippen LogP contribution in [0.25, 0.3) is 5.57 Å². The van der Waals surface area contributed by atoms with Gasteiger partial charge in [0.15, 0.2) is 0 Å². The maximum absolute atomic E-state index is 12.5. The summed E-state index contributed by atoms with van der Waals surface area (Å²) in [7, 11) is 1.60. The quantitative estimate of drug-likeness (QED) is 0.682. The zero-order chi connectivity index (χ0) is 20.7. The number of benzene rings is 1. The summed E-state index contributed by atoms with van der Waals surface area (Å²) in [5, 5.41) is 8.31. The molecule has 0 unspecified atom stereocenters. The number of carboxylic acid groups (broad SMARTS) is 1. The van der Waals surface area contributed by atoms with Gasteiger partial charge in [-0.05, 0) is 62.8 Å². The Hall–Kier alpha value is -2.21. The first-order valence-corrected chi connectivity index (χ1v) is 9.92. The number of aryl methyl sites for hydroxylation is 1. The number of ether oxygens (including phenoxy) is 3. The highest BCUT2D eigenvalue weighted by Crippen LogP contribution is 2.44. The van der Waals surface area contributed by atoms with Gasteiger partial charge in [-0.2, -0.15) is 0 Å². The zero-order valence-electron chi connectivity index (χ0n) is 16.5. The van der Waals surface area contributed by atoms with Crippen LogP contribution in [0.4, 0.5) is 4.79 Å². The Morgan fingerprint density at radius 2 is 1.93 bits per heavy atom. The Labute approximate surface area is 170 Å². The molecule has 0 saturated heterocycles. The van der Waals surface area contributed by atoms with Gasteiger partial charge in [0, 0.05) is 10.6 Å². The summed E-state index contributed by atoms with van der Waals surface area (Å²) < 4.78 is 15.2. The van der Waals surface area contributed by atoms with E-state index in [0.29, 0.717) is 16.3 Å². The predicted molar refractivity (Wildman–Crippen MR) is 107 cm³/mol. The van der Waals surface area contributed by atoms with Crippen molar-refractivity contribution in [1.29, 1.82) is 0 Å². The summed E-state index contributed by atoms with van der Waals surface area (Å²) in [6.07, 6.45) is 6.86. The van der Waals surface area contributed by atoms with Gasteiger partial charge >= 0.3 is 12.1 Å². The van der Waals surface area contributed by atoms with Crippen LogP contribution in [0.15, 0.2) is 18.2 Å². The number of methoxy groups -OCH3 is 1. The summed E-state index contributed by atoms with van der Waals surface area (Å²) in [4.78, 5) is 21.9. The van der Waals surface area contributed by atoms with E-state index in [9.17, 15) is 9.59 Å². The van der Waals surface area contributed by atoms with E-state index in [2.05, 4.69) is 4.74 Å². The molecule has 1 aromatic rings. The fourth-order valence-electron chi connectivity index (χ4n) is 3.67. The third-order valence-electron chi connectivity index (χ3n) is 4.91. The molecule has 154 valence electrons. The molecule has 1 aromatic carbocycles. The van der Waals surface area contributed by atoms with Gasteiger partial charge in [-0.25, -0.2) is 9.59 Å². The van der Waals surface area contributed by atoms with Gasteiger partial charge in [0.2, 0.25) is 0 Å². The summed E-state index contributed by atoms with van der Waals surface area (Å²) >= 11 is 6.15. The van der Waals surface area contributed by atoms with E-state index in [1.807, 2.05) is 19.1 Å². The number of rotatable bonds is 4. The molecular weight excluding hydrogens is 384 g/mol. The van der Waals surface area contributed by atoms with Crippen molar-refractivity contribution in [3.05, 3.63) is 34.4 Å². The number of carbonyl (C=O) groups is 2. The summed E-state index contributed by atoms with van der Waals surface area (Å²) in [6.45, 7) is 3.90. The smallest absolute Gasteiger partial charge is 0.496 e. The van der Waals surface area contributed by atoms with E-state index >= 15 is 0 Å². The number of carbonyl (C=O) groups excluding carboxylic acids is 1. The molecule has 0 amide bonds. The van der Waals surface area contributed by atoms with Crippen molar-refractivity contribution < 1.29 is 28.9 Å². The largest absolute Gasteiger partial charge is 0.505 e. The summed E-state index contributed by atoms with van der Waals surface area (Å²) in [5.74, 6) is 0.401. The minimum absolute atomic E-state index is 0.231. The second kappa shape index (κ2) is 9.82. The van der Waals surface area contributed by atoms with E-state index in [0.717, 1.165) is 43.2 Å². The fourth-order valence-corrected chi connectivity index (χ4v) is 3.90. The molecule has 1 aliphatic carbocycles. The highest BCUT2D eigenvalue weighted by atomic mass is 35.5. The number of hydrogen-bond donors (Lipinski definition) is 1. The van der Waals surface area contributed by atoms with Crippen LogP contribution in [0.2, 0.25) is 5.02 Å². The van der Waals surface area contributed by atoms with Crippen LogP contribution in [0.1, 0.15) is 57.1 Å². The molecule has 6 nitrogen and oxygen atoms in total. The lowest BCUT2D eigenvalue weighted by Gasteiger charge is -2.30. The number of hydrogen-bond acceptors (Lipinski definition) is 5. The molecule has 0 atom stereocenters. The van der Waals surface area contributed by atoms with Crippen molar-refractivity contribution in [3.8, 4) is 5.75 Å². The predicted octanol–water partition coefficient (Wildman–Crippen LogP) is 5.26. The lowest BCUT2D eigenvalue weighted by molar-refractivity contribution is -0.146. The van der Waals surface area contributed by atoms with Crippen LogP contribution >= 0.6 is 11.6 Å². The van der Waals surface area contributed by atoms with E-state index < -0.39 is 11.8 Å². The molecule has 7 heteroatoms. The van der Waals surface area contributed by atoms with E-state index in [4.69, 9.17) is 26.2 Å². The van der Waals surface area contributed by atoms with Crippen LogP contribution in [-0.4, -0.2) is 36.5 Å². The summed E-state index contributed by atoms with van der Waals surface area (Å²) in [5.41, 5.74) is 2.08. The monoisotopic (exact) mass is 410 g/mol. The zero-order valence-corrected chi connectivity index (χ0v) is 17.3. The molecule has 2 aliphatic rings. The molecule has 0 bridgehead atoms. The van der Waals surface area contributed by atoms with E-state index in [1.54, 1.807) is 20.1 Å². The normalized spacial score (nSPS) is 17.3. The highest BCUT2D eigenvalue weighted by molar-refractivity contribution is 6.31. The third-order valence-corrected chi connectivity index (χ3v) is 5.13. The molecule has 0 aromatic heterocycles. The topological polar surface area (TPSA) is 82.1 Å². The van der Waals surface area contributed by atoms with Crippen molar-refractivity contribution in [2.24, 2.45) is 0 Å². The molecule has 1 N–H and O–H groups in total. The second-order valence-electron chi connectivity index (χ2n) is 6.77. The first kappa shape index (κ1) is 22.1. The SMILES string of the molecule is CCOC(=O)O.CCc1cc(Cl)cc(OC)c1C1=CC2(CCCCC2)OC1=O. The van der Waals surface area contributed by atoms with Gasteiger partial charge in [-0.1, -0.05) is 24.9 Å². The first-order chi connectivity index (χ1) is 13.4. The van der Waals surface area contributed by atoms with Gasteiger partial charge in [0.25, 0.3) is 0 Å². The minimum Gasteiger partial charge on any atom is -0.496 e. The van der Waals surface area contributed by atoms with Crippen molar-refractivity contribution in [1.82, 2.24) is 0 Å². The molecule has 28 heavy (non-hydrogen) atoms. The molecule has 1 fully saturated rings. The number of esters is 1. The highest BCUT2D eigenvalue weighted by Gasteiger charge is 2.42. The van der Waals surface area contributed by atoms with Crippen molar-refractivity contribution in [3.63, 3.8) is 0 Å². The molecule has 1 spiro atoms. The van der Waals surface area contributed by atoms with Gasteiger partial charge in [-0.3, -0.25) is 0 Å². The van der Waals surface area contributed by atoms with Gasteiger partial charge in [0.1, 0.15) is 11.4 Å². The molecule has 3 rings (SSSR count). The van der Waals surface area contributed by atoms with Gasteiger partial charge < -0.3 is 19.3 Å². The van der Waals surface area contributed by atoms with Gasteiger partial charge in [0.05, 0.1) is 19.3 Å². The minimum atomic E-state index is -1.21. The lowest BCUT2D eigenvalue weighted by Crippen LogP contribution is -2.30. The van der Waals surface area contributed by atoms with Crippen LogP contribution < -0.4 is 4.74 Å². The third kappa shape index (κ3) is 5.19. The molecule has 1 saturated carbocycles. The Balaban J connectivity index is 0.000000409. The Bertz CT molecular complexity index is 724. The lowest BCUT2D eigenvalue weighted by atomic mass is 9.83. The molecule has 1 aliphatic heterocycles. The van der Waals surface area contributed by atoms with Gasteiger partial charge in [-0.15, -0.1) is 0 Å². The van der Waals surface area contributed by atoms with Crippen molar-refractivity contribution in [2.45, 2.75) is 58.0 Å². The van der Waals surface area contributed by atoms with Crippen LogP contribution in [0, 0.1) is 0 Å². The van der Waals surface area contributed by atoms with E-state index in [-0.39, 0.29) is 12.6 Å². The fraction of sp³-hybridized carbons (Fsp3) is 0.524. The van der Waals surface area contributed by atoms with Crippen molar-refractivity contribution in [2.75, 3.05) is 13.7 Å². The maximum atomic E-state index is 12.5. The average molecular weight is 411 g/mol. The maximum Gasteiger partial charge on any atom is 0.505 e. The second-order valence-corrected chi connectivity index (χ2v) is 7.20. The van der Waals surface area contributed by atoms with Crippen LogP contribution in [-0.2, 0) is 20.7 Å². The van der Waals surface area contributed by atoms with E-state index in [1.165, 1.54) is 6.42 Å². The molecule has 1 heterocycles. The molecule has 0 radical (unpaired) electrons. The standard InChI is InChI=1S/C18H21ClO3.C3H6O3/c1-3-12-9-13(19)10-15(21-2)16(12)14-11-18(22-17(14)20)7-5-4-6-8-18;1-2-6-3(4)5/h9-11H,3-8H2,1-2H3;2H2,1H3,(H,4,5). The van der Waals surface area contributed by atoms with Crippen LogP contribution in [0.5, 0.6) is 5.75 Å². The summed E-state index contributed by atoms with van der Waals surface area (Å²) in [6, 6.07) is 3.66. The molecular formula is C21H27ClO6. The average Bonchev–Trinajstić information content (AvgIpc) is 2.96. The van der Waals surface area contributed by atoms with Crippen molar-refractivity contribution >= 4 is 29.3 Å². The Morgan fingerprint density at radius 3 is 2.43 bits per heavy atom. The van der Waals surface area contributed by atoms with Crippen LogP contribution in [0.3, 0.4) is 0 Å².